The number of carbonyl (C=O) groups excluding carboxylic acids is 1. The molecule has 1 heterocycles. The molecule has 2 N–H and O–H groups in total. The van der Waals surface area contributed by atoms with Crippen LogP contribution in [-0.2, 0) is 4.74 Å². The maximum absolute atomic E-state index is 11.6. The van der Waals surface area contributed by atoms with Gasteiger partial charge in [0.1, 0.15) is 5.60 Å². The van der Waals surface area contributed by atoms with E-state index >= 15 is 0 Å². The number of hydrogen-bond acceptors (Lipinski definition) is 4. The third-order valence-electron chi connectivity index (χ3n) is 1.48. The summed E-state index contributed by atoms with van der Waals surface area (Å²) in [7, 11) is 0. The highest BCUT2D eigenvalue weighted by Gasteiger charge is 2.20. The number of rotatable bonds is 1. The average Bonchev–Trinajstić information content (AvgIpc) is 1.99. The fourth-order valence-corrected chi connectivity index (χ4v) is 1.43. The number of nitrogens with two attached hydrogens (primary N) is 1. The first-order valence-electron chi connectivity index (χ1n) is 4.44. The Morgan fingerprint density at radius 3 is 2.60 bits per heavy atom. The van der Waals surface area contributed by atoms with Crippen molar-refractivity contribution in [3.8, 4) is 0 Å². The fraction of sp³-hybridized carbons (Fsp3) is 0.400. The summed E-state index contributed by atoms with van der Waals surface area (Å²) in [5.41, 5.74) is 5.65. The number of halogens is 1. The topological polar surface area (TPSA) is 65.2 Å². The Hall–Kier alpha value is -0.850. The van der Waals surface area contributed by atoms with Crippen LogP contribution < -0.4 is 5.73 Å². The molecule has 0 aliphatic rings. The lowest BCUT2D eigenvalue weighted by molar-refractivity contribution is 0.00642. The minimum absolute atomic E-state index is 0.172. The van der Waals surface area contributed by atoms with Crippen LogP contribution in [0.5, 0.6) is 0 Å². The number of aromatic nitrogens is 1. The zero-order valence-corrected chi connectivity index (χ0v) is 11.0. The molecule has 0 bridgehead atoms. The molecule has 1 aromatic heterocycles. The Labute approximate surface area is 102 Å². The number of nitrogen functional groups attached to an aromatic ring is 1. The Morgan fingerprint density at radius 1 is 1.53 bits per heavy atom. The molecule has 0 fully saturated rings. The van der Waals surface area contributed by atoms with Crippen molar-refractivity contribution < 1.29 is 9.53 Å². The summed E-state index contributed by atoms with van der Waals surface area (Å²) < 4.78 is 6.05. The van der Waals surface area contributed by atoms with Gasteiger partial charge in [-0.25, -0.2) is 9.78 Å². The zero-order valence-electron chi connectivity index (χ0n) is 8.87. The van der Waals surface area contributed by atoms with Gasteiger partial charge in [-0.1, -0.05) is 0 Å². The van der Waals surface area contributed by atoms with E-state index in [0.717, 1.165) is 3.57 Å². The summed E-state index contributed by atoms with van der Waals surface area (Å²) >= 11 is 2.08. The summed E-state index contributed by atoms with van der Waals surface area (Å²) in [4.78, 5) is 15.6. The van der Waals surface area contributed by atoms with Gasteiger partial charge in [0, 0.05) is 9.77 Å². The second-order valence-electron chi connectivity index (χ2n) is 4.09. The zero-order chi connectivity index (χ0) is 11.6. The highest BCUT2D eigenvalue weighted by molar-refractivity contribution is 14.1. The number of carbonyl (C=O) groups is 1. The van der Waals surface area contributed by atoms with Crippen molar-refractivity contribution in [3.63, 3.8) is 0 Å². The van der Waals surface area contributed by atoms with Crippen molar-refractivity contribution in [1.29, 1.82) is 0 Å². The van der Waals surface area contributed by atoms with E-state index < -0.39 is 11.6 Å². The first-order valence-corrected chi connectivity index (χ1v) is 5.52. The number of anilines is 1. The van der Waals surface area contributed by atoms with E-state index in [9.17, 15) is 4.79 Å². The smallest absolute Gasteiger partial charge is 0.359 e. The minimum Gasteiger partial charge on any atom is -0.455 e. The van der Waals surface area contributed by atoms with Gasteiger partial charge >= 0.3 is 5.97 Å². The summed E-state index contributed by atoms with van der Waals surface area (Å²) in [6.07, 6.45) is 1.58. The quantitative estimate of drug-likeness (QED) is 0.636. The molecule has 0 unspecified atom stereocenters. The Morgan fingerprint density at radius 2 is 2.13 bits per heavy atom. The first kappa shape index (κ1) is 12.2. The Kier molecular flexibility index (Phi) is 3.54. The molecule has 5 heteroatoms. The monoisotopic (exact) mass is 320 g/mol. The van der Waals surface area contributed by atoms with E-state index in [4.69, 9.17) is 10.5 Å². The normalized spacial score (nSPS) is 11.2. The SMILES string of the molecule is CC(C)(C)OC(=O)c1ncc(I)cc1N. The first-order chi connectivity index (χ1) is 6.79. The van der Waals surface area contributed by atoms with Gasteiger partial charge in [0.05, 0.1) is 5.69 Å². The predicted molar refractivity (Wildman–Crippen MR) is 66.5 cm³/mol. The molecule has 0 saturated heterocycles. The minimum atomic E-state index is -0.534. The molecule has 1 aromatic rings. The van der Waals surface area contributed by atoms with E-state index in [-0.39, 0.29) is 5.69 Å². The van der Waals surface area contributed by atoms with E-state index in [2.05, 4.69) is 27.6 Å². The highest BCUT2D eigenvalue weighted by Crippen LogP contribution is 2.17. The Bertz CT molecular complexity index is 385. The molecule has 82 valence electrons. The lowest BCUT2D eigenvalue weighted by atomic mass is 10.2. The van der Waals surface area contributed by atoms with E-state index in [1.165, 1.54) is 0 Å². The molecular formula is C10H13IN2O2. The molecular weight excluding hydrogens is 307 g/mol. The van der Waals surface area contributed by atoms with Gasteiger partial charge in [-0.3, -0.25) is 0 Å². The second-order valence-corrected chi connectivity index (χ2v) is 5.34. The molecule has 0 atom stereocenters. The molecule has 0 aliphatic heterocycles. The molecule has 4 nitrogen and oxygen atoms in total. The number of hydrogen-bond donors (Lipinski definition) is 1. The molecule has 0 amide bonds. The lowest BCUT2D eigenvalue weighted by Crippen LogP contribution is -2.25. The summed E-state index contributed by atoms with van der Waals surface area (Å²) in [6, 6.07) is 1.69. The van der Waals surface area contributed by atoms with Crippen molar-refractivity contribution in [2.45, 2.75) is 26.4 Å². The van der Waals surface area contributed by atoms with Crippen molar-refractivity contribution in [3.05, 3.63) is 21.5 Å². The van der Waals surface area contributed by atoms with Gasteiger partial charge in [-0.05, 0) is 49.4 Å². The number of ether oxygens (including phenoxy) is 1. The van der Waals surface area contributed by atoms with Gasteiger partial charge in [0.2, 0.25) is 0 Å². The molecule has 0 spiro atoms. The van der Waals surface area contributed by atoms with Gasteiger partial charge in [-0.2, -0.15) is 0 Å². The average molecular weight is 320 g/mol. The predicted octanol–water partition coefficient (Wildman–Crippen LogP) is 2.22. The second kappa shape index (κ2) is 4.34. The molecule has 0 saturated carbocycles. The molecule has 0 radical (unpaired) electrons. The van der Waals surface area contributed by atoms with Gasteiger partial charge in [0.25, 0.3) is 0 Å². The van der Waals surface area contributed by atoms with Gasteiger partial charge in [-0.15, -0.1) is 0 Å². The largest absolute Gasteiger partial charge is 0.455 e. The summed E-state index contributed by atoms with van der Waals surface area (Å²) in [6.45, 7) is 5.40. The Balaban J connectivity index is 2.92. The van der Waals surface area contributed by atoms with Crippen LogP contribution in [0.15, 0.2) is 12.3 Å². The maximum Gasteiger partial charge on any atom is 0.359 e. The third-order valence-corrected chi connectivity index (χ3v) is 2.07. The third kappa shape index (κ3) is 3.65. The molecule has 0 aliphatic carbocycles. The van der Waals surface area contributed by atoms with Crippen molar-refractivity contribution in [1.82, 2.24) is 4.98 Å². The van der Waals surface area contributed by atoms with Crippen LogP contribution in [-0.4, -0.2) is 16.6 Å². The van der Waals surface area contributed by atoms with Crippen molar-refractivity contribution in [2.24, 2.45) is 0 Å². The fourth-order valence-electron chi connectivity index (χ4n) is 0.952. The molecule has 15 heavy (non-hydrogen) atoms. The van der Waals surface area contributed by atoms with E-state index in [1.807, 2.05) is 0 Å². The summed E-state index contributed by atoms with van der Waals surface area (Å²) in [5, 5.41) is 0. The van der Waals surface area contributed by atoms with Gasteiger partial charge in [0.15, 0.2) is 5.69 Å². The lowest BCUT2D eigenvalue weighted by Gasteiger charge is -2.19. The summed E-state index contributed by atoms with van der Waals surface area (Å²) in [5.74, 6) is -0.489. The van der Waals surface area contributed by atoms with Crippen LogP contribution in [0.25, 0.3) is 0 Å². The molecule has 0 aromatic carbocycles. The highest BCUT2D eigenvalue weighted by atomic mass is 127. The number of esters is 1. The maximum atomic E-state index is 11.6. The van der Waals surface area contributed by atoms with Crippen LogP contribution in [0.2, 0.25) is 0 Å². The van der Waals surface area contributed by atoms with Crippen molar-refractivity contribution in [2.75, 3.05) is 5.73 Å². The number of pyridine rings is 1. The van der Waals surface area contributed by atoms with Crippen LogP contribution in [0.3, 0.4) is 0 Å². The van der Waals surface area contributed by atoms with E-state index in [0.29, 0.717) is 5.69 Å². The standard InChI is InChI=1S/C10H13IN2O2/c1-10(2,3)15-9(14)8-7(12)4-6(11)5-13-8/h4-5H,12H2,1-3H3. The van der Waals surface area contributed by atoms with Crippen LogP contribution >= 0.6 is 22.6 Å². The van der Waals surface area contributed by atoms with E-state index in [1.54, 1.807) is 33.0 Å². The molecule has 1 rings (SSSR count). The van der Waals surface area contributed by atoms with Crippen LogP contribution in [0.1, 0.15) is 31.3 Å². The number of nitrogens with zero attached hydrogens (tertiary/aromatic N) is 1. The van der Waals surface area contributed by atoms with Crippen LogP contribution in [0, 0.1) is 3.57 Å². The van der Waals surface area contributed by atoms with Crippen LogP contribution in [0.4, 0.5) is 5.69 Å². The van der Waals surface area contributed by atoms with Gasteiger partial charge < -0.3 is 10.5 Å². The van der Waals surface area contributed by atoms with Crippen molar-refractivity contribution >= 4 is 34.2 Å².